The molecule has 0 saturated carbocycles. The molecule has 0 bridgehead atoms. The fraction of sp³-hybridized carbons (Fsp3) is 0.538. The van der Waals surface area contributed by atoms with Crippen molar-refractivity contribution in [2.75, 3.05) is 12.3 Å². The van der Waals surface area contributed by atoms with Crippen LogP contribution in [0.2, 0.25) is 0 Å². The molecule has 0 saturated heterocycles. The molecule has 18 heavy (non-hydrogen) atoms. The van der Waals surface area contributed by atoms with Gasteiger partial charge in [0.05, 0.1) is 17.1 Å². The molecule has 1 amide bonds. The van der Waals surface area contributed by atoms with Gasteiger partial charge in [0.2, 0.25) is 5.91 Å². The fourth-order valence-corrected chi connectivity index (χ4v) is 1.82. The number of nitrogens with two attached hydrogens (primary N) is 1. The monoisotopic (exact) mass is 250 g/mol. The summed E-state index contributed by atoms with van der Waals surface area (Å²) >= 11 is 0. The van der Waals surface area contributed by atoms with E-state index in [0.29, 0.717) is 12.2 Å². The molecule has 0 aliphatic heterocycles. The Labute approximate surface area is 108 Å². The molecule has 0 unspecified atom stereocenters. The topological polar surface area (TPSA) is 64.2 Å². The van der Waals surface area contributed by atoms with Crippen LogP contribution >= 0.6 is 0 Å². The number of nitrogens with zero attached hydrogens (tertiary/aromatic N) is 3. The molecule has 100 valence electrons. The van der Waals surface area contributed by atoms with Gasteiger partial charge in [0, 0.05) is 12.6 Å². The summed E-state index contributed by atoms with van der Waals surface area (Å²) in [7, 11) is 0. The lowest BCUT2D eigenvalue weighted by Gasteiger charge is -2.25. The summed E-state index contributed by atoms with van der Waals surface area (Å²) < 4.78 is 1.66. The first-order chi connectivity index (χ1) is 8.38. The molecule has 0 aliphatic rings. The SMILES string of the molecule is C=CCN(C(=O)Cn1nc(C)c(N)c1C)C(C)C. The predicted molar refractivity (Wildman–Crippen MR) is 73.2 cm³/mol. The van der Waals surface area contributed by atoms with E-state index in [0.717, 1.165) is 11.4 Å². The zero-order chi connectivity index (χ0) is 13.9. The molecule has 1 rings (SSSR count). The average Bonchev–Trinajstić information content (AvgIpc) is 2.53. The van der Waals surface area contributed by atoms with Gasteiger partial charge >= 0.3 is 0 Å². The summed E-state index contributed by atoms with van der Waals surface area (Å²) in [5.74, 6) is 0.0236. The molecule has 2 N–H and O–H groups in total. The standard InChI is InChI=1S/C13H22N4O/c1-6-7-16(9(2)3)12(18)8-17-11(5)13(14)10(4)15-17/h6,9H,1,7-8,14H2,2-5H3. The Morgan fingerprint density at radius 2 is 2.17 bits per heavy atom. The van der Waals surface area contributed by atoms with E-state index in [1.54, 1.807) is 15.7 Å². The minimum Gasteiger partial charge on any atom is -0.396 e. The Bertz CT molecular complexity index is 448. The van der Waals surface area contributed by atoms with Gasteiger partial charge in [0.25, 0.3) is 0 Å². The summed E-state index contributed by atoms with van der Waals surface area (Å²) in [6.45, 7) is 12.1. The molecule has 1 aromatic heterocycles. The second-order valence-corrected chi connectivity index (χ2v) is 4.67. The van der Waals surface area contributed by atoms with Crippen molar-refractivity contribution in [1.82, 2.24) is 14.7 Å². The molecule has 0 atom stereocenters. The zero-order valence-electron chi connectivity index (χ0n) is 11.6. The van der Waals surface area contributed by atoms with E-state index in [-0.39, 0.29) is 18.5 Å². The van der Waals surface area contributed by atoms with Gasteiger partial charge in [-0.2, -0.15) is 5.10 Å². The Morgan fingerprint density at radius 1 is 1.56 bits per heavy atom. The second kappa shape index (κ2) is 5.71. The number of nitrogen functional groups attached to an aromatic ring is 1. The van der Waals surface area contributed by atoms with E-state index in [2.05, 4.69) is 11.7 Å². The van der Waals surface area contributed by atoms with E-state index >= 15 is 0 Å². The highest BCUT2D eigenvalue weighted by molar-refractivity contribution is 5.76. The van der Waals surface area contributed by atoms with Crippen molar-refractivity contribution in [3.05, 3.63) is 24.0 Å². The van der Waals surface area contributed by atoms with Gasteiger partial charge in [-0.15, -0.1) is 6.58 Å². The third kappa shape index (κ3) is 2.91. The molecule has 0 aliphatic carbocycles. The highest BCUT2D eigenvalue weighted by Crippen LogP contribution is 2.15. The van der Waals surface area contributed by atoms with Crippen LogP contribution < -0.4 is 5.73 Å². The number of aromatic nitrogens is 2. The van der Waals surface area contributed by atoms with Crippen LogP contribution in [-0.2, 0) is 11.3 Å². The van der Waals surface area contributed by atoms with Crippen LogP contribution in [0.15, 0.2) is 12.7 Å². The summed E-state index contributed by atoms with van der Waals surface area (Å²) in [6.07, 6.45) is 1.73. The van der Waals surface area contributed by atoms with Crippen molar-refractivity contribution in [3.63, 3.8) is 0 Å². The largest absolute Gasteiger partial charge is 0.396 e. The van der Waals surface area contributed by atoms with Crippen molar-refractivity contribution in [3.8, 4) is 0 Å². The van der Waals surface area contributed by atoms with Crippen LogP contribution in [0.4, 0.5) is 5.69 Å². The van der Waals surface area contributed by atoms with Crippen LogP contribution in [0.3, 0.4) is 0 Å². The van der Waals surface area contributed by atoms with Gasteiger partial charge in [-0.25, -0.2) is 0 Å². The molecule has 0 fully saturated rings. The highest BCUT2D eigenvalue weighted by Gasteiger charge is 2.18. The number of aryl methyl sites for hydroxylation is 1. The molecule has 0 aromatic carbocycles. The van der Waals surface area contributed by atoms with Crippen molar-refractivity contribution >= 4 is 11.6 Å². The normalized spacial score (nSPS) is 10.7. The number of hydrogen-bond acceptors (Lipinski definition) is 3. The van der Waals surface area contributed by atoms with E-state index in [1.165, 1.54) is 0 Å². The van der Waals surface area contributed by atoms with Gasteiger partial charge in [-0.1, -0.05) is 6.08 Å². The van der Waals surface area contributed by atoms with Crippen molar-refractivity contribution in [2.45, 2.75) is 40.3 Å². The lowest BCUT2D eigenvalue weighted by Crippen LogP contribution is -2.39. The van der Waals surface area contributed by atoms with Gasteiger partial charge in [0.15, 0.2) is 0 Å². The summed E-state index contributed by atoms with van der Waals surface area (Å²) in [5.41, 5.74) is 8.10. The third-order valence-electron chi connectivity index (χ3n) is 2.99. The maximum Gasteiger partial charge on any atom is 0.244 e. The number of carbonyl (C=O) groups is 1. The van der Waals surface area contributed by atoms with Crippen LogP contribution in [0.25, 0.3) is 0 Å². The minimum absolute atomic E-state index is 0.0236. The van der Waals surface area contributed by atoms with Gasteiger partial charge in [-0.05, 0) is 27.7 Å². The smallest absolute Gasteiger partial charge is 0.244 e. The first-order valence-corrected chi connectivity index (χ1v) is 6.08. The number of carbonyl (C=O) groups excluding carboxylic acids is 1. The Morgan fingerprint density at radius 3 is 2.56 bits per heavy atom. The fourth-order valence-electron chi connectivity index (χ4n) is 1.82. The molecular formula is C13H22N4O. The first-order valence-electron chi connectivity index (χ1n) is 6.08. The summed E-state index contributed by atoms with van der Waals surface area (Å²) in [6, 6.07) is 0.143. The lowest BCUT2D eigenvalue weighted by molar-refractivity contribution is -0.133. The molecule has 0 spiro atoms. The highest BCUT2D eigenvalue weighted by atomic mass is 16.2. The zero-order valence-corrected chi connectivity index (χ0v) is 11.6. The van der Waals surface area contributed by atoms with Crippen molar-refractivity contribution < 1.29 is 4.79 Å². The quantitative estimate of drug-likeness (QED) is 0.806. The third-order valence-corrected chi connectivity index (χ3v) is 2.99. The van der Waals surface area contributed by atoms with Gasteiger partial charge in [-0.3, -0.25) is 9.48 Å². The van der Waals surface area contributed by atoms with Crippen molar-refractivity contribution in [1.29, 1.82) is 0 Å². The van der Waals surface area contributed by atoms with Gasteiger partial charge in [0.1, 0.15) is 6.54 Å². The number of anilines is 1. The molecule has 1 aromatic rings. The molecule has 0 radical (unpaired) electrons. The van der Waals surface area contributed by atoms with Crippen LogP contribution in [0.5, 0.6) is 0 Å². The number of hydrogen-bond donors (Lipinski definition) is 1. The maximum atomic E-state index is 12.2. The Balaban J connectivity index is 2.85. The van der Waals surface area contributed by atoms with E-state index < -0.39 is 0 Å². The number of rotatable bonds is 5. The van der Waals surface area contributed by atoms with Crippen LogP contribution in [-0.4, -0.2) is 33.2 Å². The van der Waals surface area contributed by atoms with Crippen LogP contribution in [0, 0.1) is 13.8 Å². The van der Waals surface area contributed by atoms with E-state index in [4.69, 9.17) is 5.73 Å². The molecule has 1 heterocycles. The molecular weight excluding hydrogens is 228 g/mol. The summed E-state index contributed by atoms with van der Waals surface area (Å²) in [4.78, 5) is 14.0. The minimum atomic E-state index is 0.0236. The van der Waals surface area contributed by atoms with Crippen molar-refractivity contribution in [2.24, 2.45) is 0 Å². The van der Waals surface area contributed by atoms with E-state index in [1.807, 2.05) is 27.7 Å². The average molecular weight is 250 g/mol. The number of amides is 1. The van der Waals surface area contributed by atoms with Gasteiger partial charge < -0.3 is 10.6 Å². The second-order valence-electron chi connectivity index (χ2n) is 4.67. The first kappa shape index (κ1) is 14.3. The Kier molecular flexibility index (Phi) is 4.53. The predicted octanol–water partition coefficient (Wildman–Crippen LogP) is 1.51. The maximum absolute atomic E-state index is 12.2. The van der Waals surface area contributed by atoms with E-state index in [9.17, 15) is 4.79 Å². The Hall–Kier alpha value is -1.78. The lowest BCUT2D eigenvalue weighted by atomic mass is 10.3. The van der Waals surface area contributed by atoms with Crippen LogP contribution in [0.1, 0.15) is 25.2 Å². The molecule has 5 nitrogen and oxygen atoms in total. The summed E-state index contributed by atoms with van der Waals surface area (Å²) in [5, 5.41) is 4.27. The molecule has 5 heteroatoms.